The molecule has 0 aliphatic heterocycles. The monoisotopic (exact) mass is 272 g/mol. The predicted octanol–water partition coefficient (Wildman–Crippen LogP) is 1.34. The van der Waals surface area contributed by atoms with Crippen molar-refractivity contribution >= 4 is 11.7 Å². The third-order valence-electron chi connectivity index (χ3n) is 2.86. The van der Waals surface area contributed by atoms with E-state index in [1.807, 2.05) is 13.8 Å². The minimum atomic E-state index is -0.436. The number of anilines is 1. The molecular formula is C14H16N4O2. The Morgan fingerprint density at radius 3 is 2.45 bits per heavy atom. The van der Waals surface area contributed by atoms with Crippen molar-refractivity contribution in [3.63, 3.8) is 0 Å². The van der Waals surface area contributed by atoms with Crippen molar-refractivity contribution in [1.29, 1.82) is 0 Å². The van der Waals surface area contributed by atoms with Gasteiger partial charge in [-0.2, -0.15) is 4.98 Å². The minimum absolute atomic E-state index is 0.0000920. The molecule has 20 heavy (non-hydrogen) atoms. The molecule has 1 aromatic heterocycles. The molecule has 2 N–H and O–H groups in total. The zero-order valence-electron chi connectivity index (χ0n) is 11.4. The molecule has 0 saturated heterocycles. The topological polar surface area (TPSA) is 81.2 Å². The van der Waals surface area contributed by atoms with Crippen LogP contribution in [-0.4, -0.2) is 15.5 Å². The molecule has 2 rings (SSSR count). The van der Waals surface area contributed by atoms with E-state index in [0.717, 1.165) is 5.01 Å². The number of amides is 1. The Kier molecular flexibility index (Phi) is 3.95. The molecule has 2 aromatic rings. The highest BCUT2D eigenvalue weighted by molar-refractivity contribution is 6.04. The number of hydrazine groups is 1. The molecule has 104 valence electrons. The maximum absolute atomic E-state index is 12.1. The molecular weight excluding hydrogens is 256 g/mol. The zero-order valence-corrected chi connectivity index (χ0v) is 11.4. The molecule has 1 heterocycles. The molecule has 0 bridgehead atoms. The first-order valence-corrected chi connectivity index (χ1v) is 6.24. The fourth-order valence-electron chi connectivity index (χ4n) is 1.75. The second-order valence-corrected chi connectivity index (χ2v) is 4.61. The van der Waals surface area contributed by atoms with Gasteiger partial charge in [0, 0.05) is 17.8 Å². The third kappa shape index (κ3) is 2.75. The van der Waals surface area contributed by atoms with Crippen molar-refractivity contribution in [3.05, 3.63) is 58.6 Å². The number of carbonyl (C=O) groups excluding carboxylic acids is 1. The normalized spacial score (nSPS) is 10.6. The summed E-state index contributed by atoms with van der Waals surface area (Å²) < 4.78 is 1.46. The van der Waals surface area contributed by atoms with Gasteiger partial charge in [-0.3, -0.25) is 9.36 Å². The number of nitrogens with zero attached hydrogens (tertiary/aromatic N) is 3. The molecule has 0 spiro atoms. The van der Waals surface area contributed by atoms with Gasteiger partial charge >= 0.3 is 5.69 Å². The zero-order chi connectivity index (χ0) is 14.7. The van der Waals surface area contributed by atoms with E-state index in [0.29, 0.717) is 5.56 Å². The lowest BCUT2D eigenvalue weighted by Crippen LogP contribution is -2.40. The summed E-state index contributed by atoms with van der Waals surface area (Å²) in [6.45, 7) is 3.75. The maximum Gasteiger partial charge on any atom is 0.349 e. The maximum atomic E-state index is 12.1. The van der Waals surface area contributed by atoms with Crippen LogP contribution in [0.4, 0.5) is 5.82 Å². The number of rotatable bonds is 3. The van der Waals surface area contributed by atoms with Crippen LogP contribution in [0.3, 0.4) is 0 Å². The van der Waals surface area contributed by atoms with Gasteiger partial charge < -0.3 is 0 Å². The molecule has 0 unspecified atom stereocenters. The van der Waals surface area contributed by atoms with Gasteiger partial charge in [-0.25, -0.2) is 15.6 Å². The lowest BCUT2D eigenvalue weighted by molar-refractivity contribution is 0.0986. The van der Waals surface area contributed by atoms with Gasteiger partial charge in [0.1, 0.15) is 0 Å². The van der Waals surface area contributed by atoms with Crippen molar-refractivity contribution in [1.82, 2.24) is 9.55 Å². The first-order valence-electron chi connectivity index (χ1n) is 6.24. The van der Waals surface area contributed by atoms with Crippen LogP contribution >= 0.6 is 0 Å². The van der Waals surface area contributed by atoms with Crippen LogP contribution in [-0.2, 0) is 0 Å². The van der Waals surface area contributed by atoms with E-state index in [1.54, 1.807) is 42.6 Å². The Morgan fingerprint density at radius 1 is 1.25 bits per heavy atom. The number of hydrogen-bond acceptors (Lipinski definition) is 4. The summed E-state index contributed by atoms with van der Waals surface area (Å²) in [6.07, 6.45) is 1.58. The average Bonchev–Trinajstić information content (AvgIpc) is 2.46. The summed E-state index contributed by atoms with van der Waals surface area (Å²) in [7, 11) is 0. The SMILES string of the molecule is CC(C)n1ccc(N(N)C(=O)c2ccccc2)nc1=O. The van der Waals surface area contributed by atoms with Crippen molar-refractivity contribution < 1.29 is 4.79 Å². The van der Waals surface area contributed by atoms with Gasteiger partial charge in [0.05, 0.1) is 0 Å². The molecule has 0 atom stereocenters. The quantitative estimate of drug-likeness (QED) is 0.519. The van der Waals surface area contributed by atoms with E-state index in [2.05, 4.69) is 4.98 Å². The van der Waals surface area contributed by atoms with E-state index in [-0.39, 0.29) is 11.9 Å². The summed E-state index contributed by atoms with van der Waals surface area (Å²) in [5, 5.41) is 0.876. The van der Waals surface area contributed by atoms with Crippen molar-refractivity contribution in [2.45, 2.75) is 19.9 Å². The van der Waals surface area contributed by atoms with E-state index in [4.69, 9.17) is 5.84 Å². The third-order valence-corrected chi connectivity index (χ3v) is 2.86. The Hall–Kier alpha value is -2.47. The van der Waals surface area contributed by atoms with E-state index < -0.39 is 11.6 Å². The Balaban J connectivity index is 2.30. The van der Waals surface area contributed by atoms with Crippen LogP contribution in [0.1, 0.15) is 30.2 Å². The first-order chi connectivity index (χ1) is 9.50. The number of nitrogens with two attached hydrogens (primary N) is 1. The number of carbonyl (C=O) groups is 1. The molecule has 1 amide bonds. The van der Waals surface area contributed by atoms with Crippen LogP contribution in [0.15, 0.2) is 47.4 Å². The highest BCUT2D eigenvalue weighted by atomic mass is 16.2. The summed E-state index contributed by atoms with van der Waals surface area (Å²) in [5.41, 5.74) is -0.00125. The standard InChI is InChI=1S/C14H16N4O2/c1-10(2)17-9-8-12(16-14(17)20)18(15)13(19)11-6-4-3-5-7-11/h3-10H,15H2,1-2H3. The Morgan fingerprint density at radius 2 is 1.90 bits per heavy atom. The number of aromatic nitrogens is 2. The minimum Gasteiger partial charge on any atom is -0.297 e. The second kappa shape index (κ2) is 5.66. The lowest BCUT2D eigenvalue weighted by atomic mass is 10.2. The Labute approximate surface area is 116 Å². The van der Waals surface area contributed by atoms with Crippen LogP contribution < -0.4 is 16.5 Å². The van der Waals surface area contributed by atoms with Gasteiger partial charge in [0.2, 0.25) is 0 Å². The number of hydrogen-bond donors (Lipinski definition) is 1. The van der Waals surface area contributed by atoms with Crippen LogP contribution in [0.5, 0.6) is 0 Å². The molecule has 0 radical (unpaired) electrons. The fourth-order valence-corrected chi connectivity index (χ4v) is 1.75. The Bertz CT molecular complexity index is 664. The van der Waals surface area contributed by atoms with Gasteiger partial charge in [-0.05, 0) is 32.0 Å². The molecule has 0 aliphatic carbocycles. The molecule has 0 fully saturated rings. The highest BCUT2D eigenvalue weighted by Gasteiger charge is 2.16. The van der Waals surface area contributed by atoms with Gasteiger partial charge in [-0.15, -0.1) is 0 Å². The van der Waals surface area contributed by atoms with E-state index >= 15 is 0 Å². The van der Waals surface area contributed by atoms with E-state index in [1.165, 1.54) is 4.57 Å². The van der Waals surface area contributed by atoms with Crippen molar-refractivity contribution in [2.24, 2.45) is 5.84 Å². The second-order valence-electron chi connectivity index (χ2n) is 4.61. The van der Waals surface area contributed by atoms with Crippen molar-refractivity contribution in [2.75, 3.05) is 5.01 Å². The van der Waals surface area contributed by atoms with Crippen molar-refractivity contribution in [3.8, 4) is 0 Å². The predicted molar refractivity (Wildman–Crippen MR) is 76.3 cm³/mol. The summed E-state index contributed by atoms with van der Waals surface area (Å²) in [6, 6.07) is 10.1. The summed E-state index contributed by atoms with van der Waals surface area (Å²) in [4.78, 5) is 27.8. The fraction of sp³-hybridized carbons (Fsp3) is 0.214. The molecule has 1 aromatic carbocycles. The highest BCUT2D eigenvalue weighted by Crippen LogP contribution is 2.10. The summed E-state index contributed by atoms with van der Waals surface area (Å²) in [5.74, 6) is 5.45. The first kappa shape index (κ1) is 14.0. The molecule has 0 aliphatic rings. The largest absolute Gasteiger partial charge is 0.349 e. The average molecular weight is 272 g/mol. The molecule has 6 nitrogen and oxygen atoms in total. The molecule has 0 saturated carbocycles. The molecule has 6 heteroatoms. The number of benzene rings is 1. The smallest absolute Gasteiger partial charge is 0.297 e. The van der Waals surface area contributed by atoms with Gasteiger partial charge in [0.15, 0.2) is 5.82 Å². The van der Waals surface area contributed by atoms with Crippen LogP contribution in [0.2, 0.25) is 0 Å². The van der Waals surface area contributed by atoms with Gasteiger partial charge in [-0.1, -0.05) is 18.2 Å². The lowest BCUT2D eigenvalue weighted by Gasteiger charge is -2.16. The van der Waals surface area contributed by atoms with Crippen LogP contribution in [0, 0.1) is 0 Å². The van der Waals surface area contributed by atoms with E-state index in [9.17, 15) is 9.59 Å². The van der Waals surface area contributed by atoms with Gasteiger partial charge in [0.25, 0.3) is 5.91 Å². The summed E-state index contributed by atoms with van der Waals surface area (Å²) >= 11 is 0. The van der Waals surface area contributed by atoms with Crippen LogP contribution in [0.25, 0.3) is 0 Å².